The third-order valence-corrected chi connectivity index (χ3v) is 8.93. The van der Waals surface area contributed by atoms with Crippen molar-refractivity contribution < 1.29 is 79.9 Å². The number of benzene rings is 1. The van der Waals surface area contributed by atoms with E-state index in [0.717, 1.165) is 52.0 Å². The standard InChI is InChI=1S/C29H40N2O18S/c1-14(32)43-23-25(44-15(2)33)28(49-29(5,48-17(4)35)26(23)45-16(3)34)47-21-20(46-27(42-8)24(41-7)22(21)40-6)13-30-50(38,39)19-11-9-18(10-12-19)31(36)37/h9-12,20-28,30H,13H2,1-8H3/t20-,21+,22+,23+,24-,25-,26-,27+,28-,29+/m1/s1. The van der Waals surface area contributed by atoms with Crippen LogP contribution in [-0.4, -0.2) is 126 Å². The molecule has 0 unspecified atom stereocenters. The molecule has 1 aromatic rings. The van der Waals surface area contributed by atoms with Gasteiger partial charge in [-0.3, -0.25) is 29.3 Å². The molecule has 2 saturated heterocycles. The molecule has 2 heterocycles. The number of sulfonamides is 1. The van der Waals surface area contributed by atoms with Gasteiger partial charge in [0, 0.05) is 74.6 Å². The van der Waals surface area contributed by atoms with Crippen LogP contribution >= 0.6 is 0 Å². The van der Waals surface area contributed by atoms with Gasteiger partial charge in [-0.15, -0.1) is 0 Å². The summed E-state index contributed by atoms with van der Waals surface area (Å²) < 4.78 is 85.6. The van der Waals surface area contributed by atoms with Crippen molar-refractivity contribution in [2.24, 2.45) is 0 Å². The van der Waals surface area contributed by atoms with Gasteiger partial charge < -0.3 is 47.4 Å². The van der Waals surface area contributed by atoms with E-state index in [0.29, 0.717) is 0 Å². The van der Waals surface area contributed by atoms with Crippen molar-refractivity contribution >= 4 is 39.6 Å². The maximum Gasteiger partial charge on any atom is 0.305 e. The minimum atomic E-state index is -4.31. The Morgan fingerprint density at radius 2 is 1.36 bits per heavy atom. The minimum Gasteiger partial charge on any atom is -0.454 e. The minimum absolute atomic E-state index is 0.304. The molecule has 2 fully saturated rings. The predicted molar refractivity (Wildman–Crippen MR) is 162 cm³/mol. The molecule has 0 saturated carbocycles. The van der Waals surface area contributed by atoms with E-state index in [1.54, 1.807) is 0 Å². The molecule has 50 heavy (non-hydrogen) atoms. The van der Waals surface area contributed by atoms with Gasteiger partial charge in [0.1, 0.15) is 24.4 Å². The van der Waals surface area contributed by atoms with Gasteiger partial charge in [0.05, 0.1) is 9.82 Å². The van der Waals surface area contributed by atoms with Gasteiger partial charge in [-0.05, 0) is 12.1 Å². The van der Waals surface area contributed by atoms with Crippen molar-refractivity contribution in [2.75, 3.05) is 27.9 Å². The van der Waals surface area contributed by atoms with Crippen molar-refractivity contribution in [3.63, 3.8) is 0 Å². The summed E-state index contributed by atoms with van der Waals surface area (Å²) in [5.74, 6) is -5.85. The van der Waals surface area contributed by atoms with Crippen LogP contribution in [-0.2, 0) is 76.6 Å². The molecule has 10 atom stereocenters. The zero-order valence-corrected chi connectivity index (χ0v) is 29.2. The van der Waals surface area contributed by atoms with E-state index in [9.17, 15) is 37.7 Å². The van der Waals surface area contributed by atoms with Crippen LogP contribution in [0.2, 0.25) is 0 Å². The molecule has 280 valence electrons. The van der Waals surface area contributed by atoms with Crippen LogP contribution in [0.4, 0.5) is 5.69 Å². The normalized spacial score (nSPS) is 31.2. The van der Waals surface area contributed by atoms with E-state index in [1.165, 1.54) is 28.3 Å². The van der Waals surface area contributed by atoms with Crippen molar-refractivity contribution in [2.45, 2.75) is 101 Å². The van der Waals surface area contributed by atoms with E-state index in [1.807, 2.05) is 0 Å². The van der Waals surface area contributed by atoms with E-state index in [-0.39, 0.29) is 10.6 Å². The van der Waals surface area contributed by atoms with Crippen LogP contribution in [0, 0.1) is 10.1 Å². The van der Waals surface area contributed by atoms with Crippen molar-refractivity contribution in [3.8, 4) is 0 Å². The molecule has 21 heteroatoms. The van der Waals surface area contributed by atoms with Gasteiger partial charge in [0.15, 0.2) is 18.5 Å². The van der Waals surface area contributed by atoms with E-state index < -0.39 is 106 Å². The average Bonchev–Trinajstić information content (AvgIpc) is 3.02. The second kappa shape index (κ2) is 16.9. The van der Waals surface area contributed by atoms with Gasteiger partial charge in [-0.25, -0.2) is 13.1 Å². The second-order valence-electron chi connectivity index (χ2n) is 11.2. The average molecular weight is 737 g/mol. The molecular weight excluding hydrogens is 696 g/mol. The van der Waals surface area contributed by atoms with Crippen molar-refractivity contribution in [1.29, 1.82) is 0 Å². The molecule has 20 nitrogen and oxygen atoms in total. The topological polar surface area (TPSA) is 250 Å². The third kappa shape index (κ3) is 9.69. The summed E-state index contributed by atoms with van der Waals surface area (Å²) in [6.45, 7) is 4.79. The molecule has 3 rings (SSSR count). The van der Waals surface area contributed by atoms with Crippen LogP contribution in [0.5, 0.6) is 0 Å². The number of esters is 4. The molecule has 1 N–H and O–H groups in total. The van der Waals surface area contributed by atoms with Crippen LogP contribution in [0.1, 0.15) is 34.6 Å². The number of rotatable bonds is 14. The van der Waals surface area contributed by atoms with Crippen LogP contribution in [0.25, 0.3) is 0 Å². The number of nitrogens with one attached hydrogen (secondary N) is 1. The van der Waals surface area contributed by atoms with Crippen molar-refractivity contribution in [1.82, 2.24) is 4.72 Å². The Morgan fingerprint density at radius 3 is 1.84 bits per heavy atom. The zero-order valence-electron chi connectivity index (χ0n) is 28.4. The fraction of sp³-hybridized carbons (Fsp3) is 0.655. The highest BCUT2D eigenvalue weighted by Gasteiger charge is 2.62. The number of methoxy groups -OCH3 is 3. The fourth-order valence-electron chi connectivity index (χ4n) is 5.54. The summed E-state index contributed by atoms with van der Waals surface area (Å²) in [4.78, 5) is 59.1. The SMILES string of the molecule is CO[C@H]1O[C@H](CNS(=O)(=O)c2ccc([N+](=O)[O-])cc2)[C@H](O[C@@H]2O[C@](C)(OC(C)=O)[C@H](OC(C)=O)[C@@H](OC(C)=O)[C@H]2OC(C)=O)[C@H](OC)[C@H]1OC. The Labute approximate surface area is 287 Å². The largest absolute Gasteiger partial charge is 0.454 e. The molecule has 0 amide bonds. The number of hydrogen-bond acceptors (Lipinski definition) is 18. The van der Waals surface area contributed by atoms with E-state index in [2.05, 4.69) is 4.72 Å². The summed E-state index contributed by atoms with van der Waals surface area (Å²) in [7, 11) is -0.408. The van der Waals surface area contributed by atoms with Crippen LogP contribution in [0.3, 0.4) is 0 Å². The number of ether oxygens (including phenoxy) is 10. The van der Waals surface area contributed by atoms with Crippen LogP contribution in [0.15, 0.2) is 29.2 Å². The predicted octanol–water partition coefficient (Wildman–Crippen LogP) is 0.0903. The van der Waals surface area contributed by atoms with Gasteiger partial charge in [-0.2, -0.15) is 0 Å². The quantitative estimate of drug-likeness (QED) is 0.115. The van der Waals surface area contributed by atoms with Gasteiger partial charge in [0.25, 0.3) is 11.5 Å². The Morgan fingerprint density at radius 1 is 0.800 bits per heavy atom. The number of carbonyl (C=O) groups excluding carboxylic acids is 4. The first-order chi connectivity index (χ1) is 23.4. The van der Waals surface area contributed by atoms with Gasteiger partial charge >= 0.3 is 23.9 Å². The summed E-state index contributed by atoms with van der Waals surface area (Å²) in [6.07, 6.45) is -12.9. The molecule has 2 aliphatic heterocycles. The van der Waals surface area contributed by atoms with Gasteiger partial charge in [0.2, 0.25) is 22.4 Å². The highest BCUT2D eigenvalue weighted by Crippen LogP contribution is 2.39. The number of hydrogen-bond donors (Lipinski definition) is 1. The molecule has 0 aliphatic carbocycles. The first-order valence-corrected chi connectivity index (χ1v) is 16.4. The smallest absolute Gasteiger partial charge is 0.305 e. The highest BCUT2D eigenvalue weighted by molar-refractivity contribution is 7.89. The molecular formula is C29H40N2O18S. The molecule has 0 radical (unpaired) electrons. The molecule has 0 aromatic heterocycles. The Balaban J connectivity index is 2.09. The number of carbonyl (C=O) groups is 4. The maximum absolute atomic E-state index is 13.2. The number of non-ortho nitro benzene ring substituents is 1. The summed E-state index contributed by atoms with van der Waals surface area (Å²) >= 11 is 0. The third-order valence-electron chi connectivity index (χ3n) is 7.49. The number of nitro groups is 1. The van der Waals surface area contributed by atoms with E-state index in [4.69, 9.17) is 47.4 Å². The first kappa shape index (κ1) is 40.6. The lowest BCUT2D eigenvalue weighted by molar-refractivity contribution is -0.406. The Bertz CT molecular complexity index is 1510. The highest BCUT2D eigenvalue weighted by atomic mass is 32.2. The lowest BCUT2D eigenvalue weighted by Gasteiger charge is -2.51. The Hall–Kier alpha value is -3.83. The molecule has 0 spiro atoms. The second-order valence-corrected chi connectivity index (χ2v) is 12.9. The maximum atomic E-state index is 13.2. The van der Waals surface area contributed by atoms with E-state index >= 15 is 0 Å². The molecule has 2 aliphatic rings. The Kier molecular flexibility index (Phi) is 13.7. The van der Waals surface area contributed by atoms with Crippen molar-refractivity contribution in [3.05, 3.63) is 34.4 Å². The fourth-order valence-corrected chi connectivity index (χ4v) is 6.59. The summed E-state index contributed by atoms with van der Waals surface area (Å²) in [5, 5.41) is 11.0. The zero-order chi connectivity index (χ0) is 37.6. The lowest BCUT2D eigenvalue weighted by Crippen LogP contribution is -2.70. The first-order valence-electron chi connectivity index (χ1n) is 14.9. The monoisotopic (exact) mass is 736 g/mol. The summed E-state index contributed by atoms with van der Waals surface area (Å²) in [6, 6.07) is 4.11. The molecule has 1 aromatic carbocycles. The molecule has 0 bridgehead atoms. The number of nitrogens with zero attached hydrogens (tertiary/aromatic N) is 1. The van der Waals surface area contributed by atoms with Crippen LogP contribution < -0.4 is 4.72 Å². The van der Waals surface area contributed by atoms with Gasteiger partial charge in [-0.1, -0.05) is 0 Å². The summed E-state index contributed by atoms with van der Waals surface area (Å²) in [5.41, 5.74) is -0.330. The number of nitro benzene ring substituents is 1. The lowest BCUT2D eigenvalue weighted by atomic mass is 9.94.